The number of hydrogen-bond donors (Lipinski definition) is 1. The molecule has 0 bridgehead atoms. The van der Waals surface area contributed by atoms with Gasteiger partial charge in [-0.2, -0.15) is 5.10 Å². The van der Waals surface area contributed by atoms with Crippen molar-refractivity contribution in [2.24, 2.45) is 5.10 Å². The monoisotopic (exact) mass is 373 g/mol. The fourth-order valence-corrected chi connectivity index (χ4v) is 2.46. The number of carbonyl (C=O) groups excluding carboxylic acids is 1. The molecule has 0 aliphatic rings. The van der Waals surface area contributed by atoms with Crippen LogP contribution in [0.4, 0.5) is 5.69 Å². The zero-order valence-electron chi connectivity index (χ0n) is 13.3. The Morgan fingerprint density at radius 2 is 1.70 bits per heavy atom. The number of carbonyl (C=O) groups is 1. The van der Waals surface area contributed by atoms with E-state index in [9.17, 15) is 4.79 Å². The molecule has 2 aromatic rings. The number of anilines is 1. The summed E-state index contributed by atoms with van der Waals surface area (Å²) in [6, 6.07) is 15.2. The van der Waals surface area contributed by atoms with Gasteiger partial charge in [0.1, 0.15) is 0 Å². The van der Waals surface area contributed by atoms with Crippen molar-refractivity contribution in [1.82, 2.24) is 5.43 Å². The first-order chi connectivity index (χ1) is 11.1. The predicted octanol–water partition coefficient (Wildman–Crippen LogP) is 4.06. The fourth-order valence-electron chi connectivity index (χ4n) is 2.19. The number of nitrogens with one attached hydrogen (secondary N) is 1. The highest BCUT2D eigenvalue weighted by molar-refractivity contribution is 9.10. The molecule has 0 aliphatic carbocycles. The Labute approximate surface area is 145 Å². The van der Waals surface area contributed by atoms with Crippen molar-refractivity contribution in [1.29, 1.82) is 0 Å². The molecule has 0 aromatic heterocycles. The maximum atomic E-state index is 11.9. The first-order valence-corrected chi connectivity index (χ1v) is 8.37. The van der Waals surface area contributed by atoms with E-state index in [-0.39, 0.29) is 5.91 Å². The van der Waals surface area contributed by atoms with Gasteiger partial charge in [0.25, 0.3) is 5.91 Å². The van der Waals surface area contributed by atoms with Crippen LogP contribution >= 0.6 is 15.9 Å². The molecule has 0 spiro atoms. The zero-order chi connectivity index (χ0) is 16.7. The van der Waals surface area contributed by atoms with Gasteiger partial charge in [0.2, 0.25) is 0 Å². The van der Waals surface area contributed by atoms with Gasteiger partial charge in [-0.05, 0) is 55.8 Å². The van der Waals surface area contributed by atoms with Crippen LogP contribution in [0, 0.1) is 0 Å². The van der Waals surface area contributed by atoms with E-state index in [1.54, 1.807) is 18.3 Å². The molecule has 5 heteroatoms. The number of hydrogen-bond acceptors (Lipinski definition) is 3. The second kappa shape index (κ2) is 8.48. The Hall–Kier alpha value is -2.14. The van der Waals surface area contributed by atoms with Gasteiger partial charge in [-0.3, -0.25) is 4.79 Å². The van der Waals surface area contributed by atoms with Crippen LogP contribution in [-0.2, 0) is 0 Å². The second-order valence-corrected chi connectivity index (χ2v) is 5.89. The van der Waals surface area contributed by atoms with Gasteiger partial charge in [-0.15, -0.1) is 0 Å². The molecule has 0 unspecified atom stereocenters. The van der Waals surface area contributed by atoms with Crippen LogP contribution in [0.25, 0.3) is 0 Å². The summed E-state index contributed by atoms with van der Waals surface area (Å²) < 4.78 is 0.936. The number of amides is 1. The number of nitrogens with zero attached hydrogens (tertiary/aromatic N) is 2. The molecule has 1 N–H and O–H groups in total. The topological polar surface area (TPSA) is 44.7 Å². The van der Waals surface area contributed by atoms with Gasteiger partial charge < -0.3 is 4.90 Å². The van der Waals surface area contributed by atoms with Crippen molar-refractivity contribution in [3.63, 3.8) is 0 Å². The summed E-state index contributed by atoms with van der Waals surface area (Å²) in [6.07, 6.45) is 1.64. The lowest BCUT2D eigenvalue weighted by Gasteiger charge is -2.20. The molecule has 120 valence electrons. The Bertz CT molecular complexity index is 662. The van der Waals surface area contributed by atoms with E-state index in [1.165, 1.54) is 5.69 Å². The molecule has 0 aliphatic heterocycles. The van der Waals surface area contributed by atoms with E-state index in [0.717, 1.165) is 23.1 Å². The lowest BCUT2D eigenvalue weighted by molar-refractivity contribution is 0.0955. The van der Waals surface area contributed by atoms with Gasteiger partial charge in [-0.1, -0.05) is 28.1 Å². The van der Waals surface area contributed by atoms with Crippen molar-refractivity contribution in [2.75, 3.05) is 18.0 Å². The number of benzene rings is 2. The van der Waals surface area contributed by atoms with Gasteiger partial charge >= 0.3 is 0 Å². The summed E-state index contributed by atoms with van der Waals surface area (Å²) >= 11 is 3.34. The molecule has 0 atom stereocenters. The summed E-state index contributed by atoms with van der Waals surface area (Å²) in [4.78, 5) is 14.2. The summed E-state index contributed by atoms with van der Waals surface area (Å²) in [5.41, 5.74) is 5.23. The normalized spacial score (nSPS) is 10.7. The van der Waals surface area contributed by atoms with E-state index >= 15 is 0 Å². The number of hydrazone groups is 1. The van der Waals surface area contributed by atoms with Crippen molar-refractivity contribution in [3.8, 4) is 0 Å². The standard InChI is InChI=1S/C18H20BrN3O/c1-3-22(4-2)17-11-5-14(6-12-17)13-20-21-18(23)15-7-9-16(19)10-8-15/h5-13H,3-4H2,1-2H3,(H,21,23). The third-order valence-corrected chi connectivity index (χ3v) is 4.04. The molecule has 2 rings (SSSR count). The maximum absolute atomic E-state index is 11.9. The van der Waals surface area contributed by atoms with E-state index in [2.05, 4.69) is 57.3 Å². The van der Waals surface area contributed by atoms with Gasteiger partial charge in [-0.25, -0.2) is 5.43 Å². The Kier molecular flexibility index (Phi) is 6.35. The van der Waals surface area contributed by atoms with Crippen LogP contribution in [0.15, 0.2) is 58.1 Å². The van der Waals surface area contributed by atoms with Crippen molar-refractivity contribution < 1.29 is 4.79 Å². The lowest BCUT2D eigenvalue weighted by atomic mass is 10.2. The zero-order valence-corrected chi connectivity index (χ0v) is 14.9. The minimum atomic E-state index is -0.228. The summed E-state index contributed by atoms with van der Waals surface area (Å²) in [6.45, 7) is 6.23. The average Bonchev–Trinajstić information content (AvgIpc) is 2.58. The minimum absolute atomic E-state index is 0.228. The van der Waals surface area contributed by atoms with E-state index < -0.39 is 0 Å². The number of halogens is 1. The van der Waals surface area contributed by atoms with E-state index in [4.69, 9.17) is 0 Å². The van der Waals surface area contributed by atoms with E-state index in [1.807, 2.05) is 24.3 Å². The van der Waals surface area contributed by atoms with Crippen molar-refractivity contribution >= 4 is 33.7 Å². The SMILES string of the molecule is CCN(CC)c1ccc(C=NNC(=O)c2ccc(Br)cc2)cc1. The molecule has 0 fully saturated rings. The highest BCUT2D eigenvalue weighted by Crippen LogP contribution is 2.14. The molecule has 2 aromatic carbocycles. The molecular formula is C18H20BrN3O. The molecule has 23 heavy (non-hydrogen) atoms. The van der Waals surface area contributed by atoms with Crippen molar-refractivity contribution in [3.05, 3.63) is 64.1 Å². The highest BCUT2D eigenvalue weighted by Gasteiger charge is 2.03. The highest BCUT2D eigenvalue weighted by atomic mass is 79.9. The molecular weight excluding hydrogens is 354 g/mol. The summed E-state index contributed by atoms with van der Waals surface area (Å²) in [7, 11) is 0. The Morgan fingerprint density at radius 3 is 2.26 bits per heavy atom. The lowest BCUT2D eigenvalue weighted by Crippen LogP contribution is -2.21. The molecule has 0 heterocycles. The van der Waals surface area contributed by atoms with Gasteiger partial charge in [0, 0.05) is 28.8 Å². The molecule has 4 nitrogen and oxygen atoms in total. The Morgan fingerprint density at radius 1 is 1.09 bits per heavy atom. The average molecular weight is 374 g/mol. The first kappa shape index (κ1) is 17.2. The van der Waals surface area contributed by atoms with Crippen LogP contribution in [0.3, 0.4) is 0 Å². The largest absolute Gasteiger partial charge is 0.372 e. The Balaban J connectivity index is 1.95. The molecule has 1 amide bonds. The van der Waals surface area contributed by atoms with Crippen molar-refractivity contribution in [2.45, 2.75) is 13.8 Å². The predicted molar refractivity (Wildman–Crippen MR) is 99.2 cm³/mol. The van der Waals surface area contributed by atoms with Crippen LogP contribution in [0.1, 0.15) is 29.8 Å². The van der Waals surface area contributed by atoms with E-state index in [0.29, 0.717) is 5.56 Å². The van der Waals surface area contributed by atoms with Crippen LogP contribution in [-0.4, -0.2) is 25.2 Å². The third-order valence-electron chi connectivity index (χ3n) is 3.51. The third kappa shape index (κ3) is 4.93. The summed E-state index contributed by atoms with van der Waals surface area (Å²) in [5.74, 6) is -0.228. The van der Waals surface area contributed by atoms with Crippen LogP contribution < -0.4 is 10.3 Å². The number of rotatable bonds is 6. The smallest absolute Gasteiger partial charge is 0.271 e. The maximum Gasteiger partial charge on any atom is 0.271 e. The fraction of sp³-hybridized carbons (Fsp3) is 0.222. The molecule has 0 radical (unpaired) electrons. The summed E-state index contributed by atoms with van der Waals surface area (Å²) in [5, 5.41) is 4.01. The first-order valence-electron chi connectivity index (χ1n) is 7.58. The van der Waals surface area contributed by atoms with Crippen LogP contribution in [0.5, 0.6) is 0 Å². The van der Waals surface area contributed by atoms with Gasteiger partial charge in [0.15, 0.2) is 0 Å². The van der Waals surface area contributed by atoms with Crippen LogP contribution in [0.2, 0.25) is 0 Å². The molecule has 0 saturated heterocycles. The quantitative estimate of drug-likeness (QED) is 0.612. The second-order valence-electron chi connectivity index (χ2n) is 4.97. The minimum Gasteiger partial charge on any atom is -0.372 e. The molecule has 0 saturated carbocycles. The van der Waals surface area contributed by atoms with Gasteiger partial charge in [0.05, 0.1) is 6.21 Å².